The number of primary sulfonamides is 1. The summed E-state index contributed by atoms with van der Waals surface area (Å²) < 4.78 is 60.5. The van der Waals surface area contributed by atoms with Crippen molar-refractivity contribution >= 4 is 16.0 Å². The Hall–Kier alpha value is -1.78. The molecule has 0 aliphatic rings. The summed E-state index contributed by atoms with van der Waals surface area (Å²) >= 11 is 0. The molecule has 0 amide bonds. The SMILES string of the molecule is COCCOC(=O)c1ccc(OC(F)F)cc1S(N)(=O)=O. The molecular formula is C11H13F2NO6S. The molecule has 0 atom stereocenters. The van der Waals surface area contributed by atoms with Crippen molar-refractivity contribution in [3.63, 3.8) is 0 Å². The van der Waals surface area contributed by atoms with Gasteiger partial charge in [-0.2, -0.15) is 8.78 Å². The molecule has 0 spiro atoms. The number of hydrogen-bond donors (Lipinski definition) is 1. The maximum Gasteiger partial charge on any atom is 0.387 e. The predicted molar refractivity (Wildman–Crippen MR) is 66.6 cm³/mol. The molecule has 0 unspecified atom stereocenters. The van der Waals surface area contributed by atoms with Crippen LogP contribution in [-0.2, 0) is 19.5 Å². The summed E-state index contributed by atoms with van der Waals surface area (Å²) in [6.45, 7) is -3.13. The molecule has 1 aromatic rings. The third-order valence-electron chi connectivity index (χ3n) is 2.23. The summed E-state index contributed by atoms with van der Waals surface area (Å²) in [7, 11) is -2.94. The van der Waals surface area contributed by atoms with Crippen LogP contribution in [-0.4, -0.2) is 41.3 Å². The quantitative estimate of drug-likeness (QED) is 0.585. The first-order chi connectivity index (χ1) is 9.75. The Labute approximate surface area is 119 Å². The number of alkyl halides is 2. The van der Waals surface area contributed by atoms with Crippen LogP contribution in [0, 0.1) is 0 Å². The number of nitrogens with two attached hydrogens (primary N) is 1. The summed E-state index contributed by atoms with van der Waals surface area (Å²) in [5, 5.41) is 4.95. The zero-order valence-electron chi connectivity index (χ0n) is 10.9. The largest absolute Gasteiger partial charge is 0.460 e. The second-order valence-electron chi connectivity index (χ2n) is 3.71. The van der Waals surface area contributed by atoms with Gasteiger partial charge in [-0.25, -0.2) is 18.4 Å². The van der Waals surface area contributed by atoms with Crippen LogP contribution in [0.15, 0.2) is 23.1 Å². The van der Waals surface area contributed by atoms with Gasteiger partial charge >= 0.3 is 12.6 Å². The first-order valence-corrected chi connectivity index (χ1v) is 7.08. The van der Waals surface area contributed by atoms with Crippen molar-refractivity contribution in [3.8, 4) is 5.75 Å². The summed E-state index contributed by atoms with van der Waals surface area (Å²) in [5.74, 6) is -1.41. The van der Waals surface area contributed by atoms with Crippen molar-refractivity contribution < 1.29 is 36.2 Å². The van der Waals surface area contributed by atoms with Crippen LogP contribution in [0.4, 0.5) is 8.78 Å². The minimum absolute atomic E-state index is 0.103. The molecule has 0 aliphatic carbocycles. The van der Waals surface area contributed by atoms with Gasteiger partial charge in [-0.05, 0) is 12.1 Å². The van der Waals surface area contributed by atoms with Crippen LogP contribution in [0.1, 0.15) is 10.4 Å². The number of hydrogen-bond acceptors (Lipinski definition) is 6. The molecule has 7 nitrogen and oxygen atoms in total. The average Bonchev–Trinajstić information content (AvgIpc) is 2.37. The van der Waals surface area contributed by atoms with Crippen molar-refractivity contribution in [1.29, 1.82) is 0 Å². The predicted octanol–water partition coefficient (Wildman–Crippen LogP) is 0.739. The first-order valence-electron chi connectivity index (χ1n) is 5.53. The van der Waals surface area contributed by atoms with Gasteiger partial charge in [0, 0.05) is 13.2 Å². The minimum atomic E-state index is -4.32. The van der Waals surface area contributed by atoms with E-state index in [9.17, 15) is 22.0 Å². The van der Waals surface area contributed by atoms with E-state index in [1.165, 1.54) is 7.11 Å². The van der Waals surface area contributed by atoms with Gasteiger partial charge in [-0.15, -0.1) is 0 Å². The Balaban J connectivity index is 3.11. The van der Waals surface area contributed by atoms with Crippen LogP contribution in [0.2, 0.25) is 0 Å². The summed E-state index contributed by atoms with van der Waals surface area (Å²) in [6, 6.07) is 2.72. The standard InChI is InChI=1S/C11H13F2NO6S/c1-18-4-5-19-10(15)8-3-2-7(20-11(12)13)6-9(8)21(14,16)17/h2-3,6,11H,4-5H2,1H3,(H2,14,16,17). The highest BCUT2D eigenvalue weighted by Crippen LogP contribution is 2.23. The van der Waals surface area contributed by atoms with Crippen molar-refractivity contribution in [3.05, 3.63) is 23.8 Å². The fourth-order valence-corrected chi connectivity index (χ4v) is 2.12. The molecule has 0 radical (unpaired) electrons. The number of halogens is 2. The first kappa shape index (κ1) is 17.3. The molecule has 0 heterocycles. The number of benzene rings is 1. The molecule has 10 heteroatoms. The average molecular weight is 325 g/mol. The lowest BCUT2D eigenvalue weighted by molar-refractivity contribution is -0.0500. The summed E-state index contributed by atoms with van der Waals surface area (Å²) in [5.41, 5.74) is -0.379. The van der Waals surface area contributed by atoms with Gasteiger partial charge in [0.25, 0.3) is 0 Å². The lowest BCUT2D eigenvalue weighted by Crippen LogP contribution is -2.19. The number of methoxy groups -OCH3 is 1. The van der Waals surface area contributed by atoms with E-state index in [4.69, 9.17) is 9.88 Å². The van der Waals surface area contributed by atoms with E-state index in [-0.39, 0.29) is 18.8 Å². The van der Waals surface area contributed by atoms with E-state index < -0.39 is 33.2 Å². The van der Waals surface area contributed by atoms with Crippen LogP contribution in [0.5, 0.6) is 5.75 Å². The topological polar surface area (TPSA) is 105 Å². The second-order valence-corrected chi connectivity index (χ2v) is 5.24. The van der Waals surface area contributed by atoms with Gasteiger partial charge < -0.3 is 14.2 Å². The van der Waals surface area contributed by atoms with Gasteiger partial charge in [0.05, 0.1) is 17.1 Å². The molecular weight excluding hydrogens is 312 g/mol. The molecule has 118 valence electrons. The highest BCUT2D eigenvalue weighted by molar-refractivity contribution is 7.89. The molecule has 0 saturated carbocycles. The van der Waals surface area contributed by atoms with E-state index in [2.05, 4.69) is 9.47 Å². The Kier molecular flexibility index (Phi) is 6.00. The minimum Gasteiger partial charge on any atom is -0.460 e. The zero-order chi connectivity index (χ0) is 16.0. The number of rotatable bonds is 7. The van der Waals surface area contributed by atoms with Crippen molar-refractivity contribution in [2.24, 2.45) is 5.14 Å². The summed E-state index contributed by atoms with van der Waals surface area (Å²) in [6.07, 6.45) is 0. The fourth-order valence-electron chi connectivity index (χ4n) is 1.38. The van der Waals surface area contributed by atoms with Gasteiger partial charge in [0.15, 0.2) is 0 Å². The fraction of sp³-hybridized carbons (Fsp3) is 0.364. The molecule has 1 rings (SSSR count). The molecule has 0 bridgehead atoms. The molecule has 2 N–H and O–H groups in total. The maximum atomic E-state index is 12.1. The van der Waals surface area contributed by atoms with Gasteiger partial charge in [-0.1, -0.05) is 0 Å². The molecule has 1 aromatic carbocycles. The number of sulfonamides is 1. The second kappa shape index (κ2) is 7.29. The maximum absolute atomic E-state index is 12.1. The van der Waals surface area contributed by atoms with E-state index in [0.717, 1.165) is 18.2 Å². The Bertz CT molecular complexity index is 605. The highest BCUT2D eigenvalue weighted by atomic mass is 32.2. The lowest BCUT2D eigenvalue weighted by Gasteiger charge is -2.10. The van der Waals surface area contributed by atoms with Gasteiger partial charge in [-0.3, -0.25) is 0 Å². The Morgan fingerprint density at radius 3 is 2.52 bits per heavy atom. The van der Waals surface area contributed by atoms with Crippen LogP contribution < -0.4 is 9.88 Å². The van der Waals surface area contributed by atoms with Crippen molar-refractivity contribution in [1.82, 2.24) is 0 Å². The van der Waals surface area contributed by atoms with Crippen molar-refractivity contribution in [2.75, 3.05) is 20.3 Å². The van der Waals surface area contributed by atoms with E-state index in [1.807, 2.05) is 0 Å². The lowest BCUT2D eigenvalue weighted by atomic mass is 10.2. The van der Waals surface area contributed by atoms with E-state index in [1.54, 1.807) is 0 Å². The monoisotopic (exact) mass is 325 g/mol. The molecule has 0 aromatic heterocycles. The van der Waals surface area contributed by atoms with E-state index >= 15 is 0 Å². The Morgan fingerprint density at radius 1 is 1.33 bits per heavy atom. The van der Waals surface area contributed by atoms with Gasteiger partial charge in [0.1, 0.15) is 12.4 Å². The van der Waals surface area contributed by atoms with Crippen LogP contribution >= 0.6 is 0 Å². The molecule has 0 aliphatic heterocycles. The molecule has 0 saturated heterocycles. The smallest absolute Gasteiger partial charge is 0.387 e. The number of ether oxygens (including phenoxy) is 3. The molecule has 21 heavy (non-hydrogen) atoms. The Morgan fingerprint density at radius 2 is 2.00 bits per heavy atom. The third kappa shape index (κ3) is 5.25. The van der Waals surface area contributed by atoms with Crippen LogP contribution in [0.25, 0.3) is 0 Å². The number of carbonyl (C=O) groups excluding carboxylic acids is 1. The van der Waals surface area contributed by atoms with Gasteiger partial charge in [0.2, 0.25) is 10.0 Å². The van der Waals surface area contributed by atoms with Crippen molar-refractivity contribution in [2.45, 2.75) is 11.5 Å². The number of esters is 1. The normalized spacial score (nSPS) is 11.5. The zero-order valence-corrected chi connectivity index (χ0v) is 11.7. The molecule has 0 fully saturated rings. The number of carbonyl (C=O) groups is 1. The van der Waals surface area contributed by atoms with E-state index in [0.29, 0.717) is 0 Å². The highest BCUT2D eigenvalue weighted by Gasteiger charge is 2.22. The van der Waals surface area contributed by atoms with Crippen LogP contribution in [0.3, 0.4) is 0 Å². The summed E-state index contributed by atoms with van der Waals surface area (Å²) in [4.78, 5) is 11.1. The third-order valence-corrected chi connectivity index (χ3v) is 3.18.